The van der Waals surface area contributed by atoms with Crippen LogP contribution in [0.25, 0.3) is 0 Å². The number of nitrogens with zero attached hydrogens (tertiary/aromatic N) is 5. The van der Waals surface area contributed by atoms with Gasteiger partial charge in [0, 0.05) is 16.0 Å². The van der Waals surface area contributed by atoms with E-state index in [4.69, 9.17) is 19.3 Å². The first kappa shape index (κ1) is 67.1. The van der Waals surface area contributed by atoms with E-state index in [0.29, 0.717) is 15.1 Å². The van der Waals surface area contributed by atoms with E-state index < -0.39 is 69.0 Å². The molecule has 2 aromatic heterocycles. The van der Waals surface area contributed by atoms with E-state index in [1.54, 1.807) is 11.6 Å². The number of aromatic nitrogens is 4. The number of hydrogen-bond acceptors (Lipinski definition) is 16. The van der Waals surface area contributed by atoms with Gasteiger partial charge in [-0.25, -0.2) is 14.6 Å². The number of β-lactam (4-membered cyclic amide) rings is 1. The van der Waals surface area contributed by atoms with Crippen molar-refractivity contribution in [2.45, 2.75) is 57.2 Å². The molecular weight excluding hydrogens is 1340 g/mol. The molecule has 2 aliphatic heterocycles. The Morgan fingerprint density at radius 1 is 0.564 bits per heavy atom. The molecule has 0 bridgehead atoms. The third-order valence-electron chi connectivity index (χ3n) is 17.7. The Morgan fingerprint density at radius 3 is 1.41 bits per heavy atom. The lowest BCUT2D eigenvalue weighted by molar-refractivity contribution is -0.160. The van der Waals surface area contributed by atoms with Gasteiger partial charge in [0.1, 0.15) is 33.4 Å². The average molecular weight is 1400 g/mol. The lowest BCUT2D eigenvalue weighted by atomic mass is 9.70. The fraction of sp³-hybridized carbons (Fsp3) is 0.122. The van der Waals surface area contributed by atoms with Gasteiger partial charge < -0.3 is 24.9 Å². The highest BCUT2D eigenvalue weighted by atomic mass is 32.2. The number of thioether (sulfide) groups is 3. The Hall–Kier alpha value is -11.1. The molecule has 0 spiro atoms. The van der Waals surface area contributed by atoms with Gasteiger partial charge >= 0.3 is 11.9 Å². The minimum Gasteiger partial charge on any atom is -0.450 e. The molecule has 4 atom stereocenters. The first-order valence-corrected chi connectivity index (χ1v) is 36.5. The number of carbonyl (C=O) groups excluding carboxylic acids is 4. The molecule has 500 valence electrons. The fourth-order valence-electron chi connectivity index (χ4n) is 12.9. The van der Waals surface area contributed by atoms with Crippen LogP contribution in [0.4, 0.5) is 5.13 Å². The van der Waals surface area contributed by atoms with Crippen LogP contribution in [0.5, 0.6) is 0 Å². The molecule has 15 nitrogen and oxygen atoms in total. The molecule has 3 N–H and O–H groups in total. The standard InChI is InChI=1S/C82H66N8O7S4/c1-55(77(93)95-72(56-32-12-2-13-33-56)57-34-14-3-15-35-57)97-88-69(66-53-99-80(84-66)86-82(63-46-26-9-27-47-63,64-48-28-10-29-49-64)65-50-30-11-31-51-65)74(91)85-70-75(92)90-71(78(94)96-73(58-36-16-4-17-37-58)59-38-18-5-19-39-59)67(54-98-76(70)90)100-79(101-68-52-83-89-87-68)81(60-40-20-6-21-41-60,61-42-22-7-23-43-61)62-44-24-8-25-45-62/h2-53,55,70,72-73,76,79H,54H2,1H3,(H,84,86)(H,85,91)(H,83,87,89)/b88-69-/t55-,70+,76+,79?/m0/s1. The van der Waals surface area contributed by atoms with E-state index in [2.05, 4.69) is 104 Å². The highest BCUT2D eigenvalue weighted by Gasteiger charge is 2.56. The van der Waals surface area contributed by atoms with E-state index in [0.717, 1.165) is 55.6 Å². The van der Waals surface area contributed by atoms with Crippen LogP contribution in [-0.2, 0) is 44.4 Å². The number of amides is 2. The molecule has 0 aliphatic carbocycles. The molecular formula is C82H66N8O7S4. The molecule has 2 amide bonds. The molecule has 0 radical (unpaired) electrons. The number of anilines is 1. The summed E-state index contributed by atoms with van der Waals surface area (Å²) in [7, 11) is 0. The van der Waals surface area contributed by atoms with Crippen molar-refractivity contribution < 1.29 is 33.5 Å². The second-order valence-corrected chi connectivity index (χ2v) is 28.4. The third-order valence-corrected chi connectivity index (χ3v) is 22.7. The van der Waals surface area contributed by atoms with Crippen molar-refractivity contribution in [2.75, 3.05) is 11.1 Å². The Kier molecular flexibility index (Phi) is 20.6. The Labute approximate surface area is 601 Å². The zero-order valence-corrected chi connectivity index (χ0v) is 57.7. The largest absolute Gasteiger partial charge is 0.450 e. The molecule has 14 rings (SSSR count). The van der Waals surface area contributed by atoms with Crippen LogP contribution in [0.2, 0.25) is 0 Å². The molecule has 101 heavy (non-hydrogen) atoms. The molecule has 12 aromatic rings. The topological polar surface area (TPSA) is 190 Å². The van der Waals surface area contributed by atoms with Crippen LogP contribution in [0, 0.1) is 0 Å². The first-order chi connectivity index (χ1) is 49.7. The van der Waals surface area contributed by atoms with Crippen molar-refractivity contribution in [2.24, 2.45) is 5.16 Å². The van der Waals surface area contributed by atoms with Crippen molar-refractivity contribution >= 4 is 81.2 Å². The number of esters is 2. The highest BCUT2D eigenvalue weighted by Crippen LogP contribution is 2.57. The second kappa shape index (κ2) is 31.0. The Morgan fingerprint density at radius 2 is 0.980 bits per heavy atom. The number of aromatic amines is 1. The van der Waals surface area contributed by atoms with E-state index in [1.807, 2.05) is 231 Å². The zero-order chi connectivity index (χ0) is 69.0. The summed E-state index contributed by atoms with van der Waals surface area (Å²) in [4.78, 5) is 74.8. The number of ether oxygens (including phenoxy) is 2. The molecule has 1 unspecified atom stereocenters. The highest BCUT2D eigenvalue weighted by molar-refractivity contribution is 8.19. The van der Waals surface area contributed by atoms with Gasteiger partial charge in [0.15, 0.2) is 23.1 Å². The Balaban J connectivity index is 0.847. The first-order valence-electron chi connectivity index (χ1n) is 32.8. The SMILES string of the molecule is C[C@H](O/N=C(\C(=O)N[C@@H]1C(=O)N2C(C(=O)OC(c3ccccc3)c3ccccc3)=C(SC(Sc3c[nH]nn3)C(c3ccccc3)(c3ccccc3)c3ccccc3)CS[C@H]12)c1csc(NC(c2ccccc2)(c2ccccc2)c2ccccc2)n1)C(=O)OC(c1ccccc1)c1ccccc1. The molecule has 10 aromatic carbocycles. The van der Waals surface area contributed by atoms with Gasteiger partial charge in [-0.2, -0.15) is 0 Å². The fourth-order valence-corrected chi connectivity index (χ4v) is 18.3. The molecule has 0 saturated carbocycles. The van der Waals surface area contributed by atoms with Gasteiger partial charge in [0.25, 0.3) is 11.8 Å². The quantitative estimate of drug-likeness (QED) is 0.00883. The van der Waals surface area contributed by atoms with Crippen molar-refractivity contribution in [3.05, 3.63) is 387 Å². The predicted molar refractivity (Wildman–Crippen MR) is 399 cm³/mol. The number of rotatable bonds is 26. The maximum Gasteiger partial charge on any atom is 0.356 e. The maximum atomic E-state index is 16.0. The zero-order valence-electron chi connectivity index (χ0n) is 54.4. The third kappa shape index (κ3) is 14.1. The van der Waals surface area contributed by atoms with Crippen LogP contribution >= 0.6 is 46.6 Å². The van der Waals surface area contributed by atoms with Crippen LogP contribution in [0.15, 0.2) is 336 Å². The van der Waals surface area contributed by atoms with Gasteiger partial charge in [0.2, 0.25) is 6.10 Å². The summed E-state index contributed by atoms with van der Waals surface area (Å²) in [5, 5.41) is 24.7. The number of oxime groups is 1. The summed E-state index contributed by atoms with van der Waals surface area (Å²) in [6.45, 7) is 1.49. The summed E-state index contributed by atoms with van der Waals surface area (Å²) >= 11 is 5.57. The molecule has 2 aliphatic rings. The number of hydrogen-bond donors (Lipinski definition) is 3. The number of carbonyl (C=O) groups is 4. The number of benzene rings is 10. The van der Waals surface area contributed by atoms with Gasteiger partial charge in [-0.05, 0) is 62.6 Å². The van der Waals surface area contributed by atoms with Crippen molar-refractivity contribution in [3.63, 3.8) is 0 Å². The smallest absolute Gasteiger partial charge is 0.356 e. The van der Waals surface area contributed by atoms with E-state index in [1.165, 1.54) is 58.4 Å². The van der Waals surface area contributed by atoms with Crippen molar-refractivity contribution in [1.29, 1.82) is 0 Å². The van der Waals surface area contributed by atoms with Crippen LogP contribution in [0.3, 0.4) is 0 Å². The van der Waals surface area contributed by atoms with Gasteiger partial charge in [-0.1, -0.05) is 325 Å². The molecule has 4 heterocycles. The van der Waals surface area contributed by atoms with Crippen LogP contribution in [0.1, 0.15) is 80.5 Å². The summed E-state index contributed by atoms with van der Waals surface area (Å²) in [5.41, 5.74) is 6.37. The second-order valence-electron chi connectivity index (χ2n) is 23.9. The van der Waals surface area contributed by atoms with E-state index in [-0.39, 0.29) is 22.9 Å². The summed E-state index contributed by atoms with van der Waals surface area (Å²) in [6, 6.07) is 97.3. The van der Waals surface area contributed by atoms with Gasteiger partial charge in [-0.3, -0.25) is 19.6 Å². The molecule has 1 fully saturated rings. The Bertz CT molecular complexity index is 4550. The average Bonchev–Trinajstić information content (AvgIpc) is 1.04. The molecule has 1 saturated heterocycles. The number of H-pyrrole nitrogens is 1. The van der Waals surface area contributed by atoms with Gasteiger partial charge in [-0.15, -0.1) is 40.0 Å². The van der Waals surface area contributed by atoms with Crippen LogP contribution in [-0.4, -0.2) is 82.6 Å². The summed E-state index contributed by atoms with van der Waals surface area (Å²) in [5.74, 6) is -2.73. The predicted octanol–water partition coefficient (Wildman–Crippen LogP) is 15.9. The van der Waals surface area contributed by atoms with Crippen molar-refractivity contribution in [1.82, 2.24) is 30.6 Å². The maximum absolute atomic E-state index is 16.0. The minimum absolute atomic E-state index is 0.0303. The normalized spacial score (nSPS) is 15.2. The summed E-state index contributed by atoms with van der Waals surface area (Å²) < 4.78 is 12.4. The minimum atomic E-state index is -1.36. The number of thiazole rings is 1. The van der Waals surface area contributed by atoms with Gasteiger partial charge in [0.05, 0.1) is 16.2 Å². The monoisotopic (exact) mass is 1400 g/mol. The van der Waals surface area contributed by atoms with Crippen LogP contribution < -0.4 is 10.6 Å². The number of nitrogens with one attached hydrogen (secondary N) is 3. The number of fused-ring (bicyclic) bond motifs is 1. The summed E-state index contributed by atoms with van der Waals surface area (Å²) in [6.07, 6.45) is -1.31. The van der Waals surface area contributed by atoms with E-state index >= 15 is 14.4 Å². The molecule has 19 heteroatoms. The van der Waals surface area contributed by atoms with E-state index in [9.17, 15) is 4.79 Å². The lowest BCUT2D eigenvalue weighted by Gasteiger charge is -2.50. The van der Waals surface area contributed by atoms with Crippen molar-refractivity contribution in [3.8, 4) is 0 Å². The lowest BCUT2D eigenvalue weighted by Crippen LogP contribution is -2.71.